The summed E-state index contributed by atoms with van der Waals surface area (Å²) in [5.41, 5.74) is 0. The highest BCUT2D eigenvalue weighted by atomic mass is 19.3. The molecular formula is C11H20F2N2O4. The van der Waals surface area contributed by atoms with Gasteiger partial charge in [-0.1, -0.05) is 19.8 Å². The third-order valence-electron chi connectivity index (χ3n) is 2.46. The molecule has 2 amide bonds. The average molecular weight is 282 g/mol. The van der Waals surface area contributed by atoms with Crippen LogP contribution in [0.1, 0.15) is 26.2 Å². The van der Waals surface area contributed by atoms with Crippen LogP contribution in [0.25, 0.3) is 0 Å². The fourth-order valence-electron chi connectivity index (χ4n) is 1.47. The van der Waals surface area contributed by atoms with E-state index in [2.05, 4.69) is 5.32 Å². The highest BCUT2D eigenvalue weighted by molar-refractivity contribution is 5.82. The van der Waals surface area contributed by atoms with Crippen molar-refractivity contribution in [3.8, 4) is 0 Å². The second-order valence-electron chi connectivity index (χ2n) is 4.04. The van der Waals surface area contributed by atoms with E-state index >= 15 is 0 Å². The van der Waals surface area contributed by atoms with Gasteiger partial charge in [0.25, 0.3) is 6.43 Å². The molecule has 0 saturated carbocycles. The van der Waals surface area contributed by atoms with Crippen molar-refractivity contribution in [1.29, 1.82) is 0 Å². The first-order chi connectivity index (χ1) is 8.92. The molecule has 112 valence electrons. The molecule has 0 rings (SSSR count). The maximum atomic E-state index is 12.2. The van der Waals surface area contributed by atoms with Crippen LogP contribution in [0.5, 0.6) is 0 Å². The van der Waals surface area contributed by atoms with E-state index < -0.39 is 37.6 Å². The molecule has 6 nitrogen and oxygen atoms in total. The van der Waals surface area contributed by atoms with E-state index in [1.165, 1.54) is 0 Å². The molecule has 19 heavy (non-hydrogen) atoms. The fourth-order valence-corrected chi connectivity index (χ4v) is 1.47. The number of hydrogen-bond donors (Lipinski definition) is 3. The van der Waals surface area contributed by atoms with E-state index in [1.807, 2.05) is 6.92 Å². The van der Waals surface area contributed by atoms with Crippen molar-refractivity contribution in [1.82, 2.24) is 10.2 Å². The lowest BCUT2D eigenvalue weighted by Crippen LogP contribution is -2.50. The summed E-state index contributed by atoms with van der Waals surface area (Å²) in [4.78, 5) is 23.3. The van der Waals surface area contributed by atoms with E-state index in [9.17, 15) is 18.4 Å². The third kappa shape index (κ3) is 7.55. The zero-order valence-corrected chi connectivity index (χ0v) is 10.8. The predicted molar refractivity (Wildman–Crippen MR) is 64.1 cm³/mol. The number of hydrogen-bond acceptors (Lipinski definition) is 3. The van der Waals surface area contributed by atoms with Gasteiger partial charge in [-0.3, -0.25) is 0 Å². The van der Waals surface area contributed by atoms with Gasteiger partial charge in [0, 0.05) is 6.54 Å². The summed E-state index contributed by atoms with van der Waals surface area (Å²) in [6.45, 7) is 0.297. The normalized spacial score (nSPS) is 12.3. The average Bonchev–Trinajstić information content (AvgIpc) is 2.32. The Morgan fingerprint density at radius 1 is 1.37 bits per heavy atom. The van der Waals surface area contributed by atoms with E-state index in [0.29, 0.717) is 11.3 Å². The lowest BCUT2D eigenvalue weighted by atomic mass is 10.1. The standard InChI is InChI=1S/C11H20F2N2O4/c1-2-3-4-8(10(17)18)14-11(19)15(5-6-16)7-9(12)13/h8-9,16H,2-7H2,1H3,(H,14,19)(H,17,18)/t8-/m0/s1. The molecule has 0 radical (unpaired) electrons. The molecule has 0 aromatic rings. The third-order valence-corrected chi connectivity index (χ3v) is 2.46. The molecule has 0 bridgehead atoms. The lowest BCUT2D eigenvalue weighted by Gasteiger charge is -2.24. The molecule has 0 saturated heterocycles. The SMILES string of the molecule is CCCC[C@H](NC(=O)N(CCO)CC(F)F)C(=O)O. The van der Waals surface area contributed by atoms with E-state index in [4.69, 9.17) is 10.2 Å². The van der Waals surface area contributed by atoms with Crippen molar-refractivity contribution >= 4 is 12.0 Å². The minimum absolute atomic E-state index is 0.235. The largest absolute Gasteiger partial charge is 0.480 e. The van der Waals surface area contributed by atoms with Crippen LogP contribution < -0.4 is 5.32 Å². The van der Waals surface area contributed by atoms with Gasteiger partial charge in [0.1, 0.15) is 6.04 Å². The Morgan fingerprint density at radius 3 is 2.42 bits per heavy atom. The number of nitrogens with zero attached hydrogens (tertiary/aromatic N) is 1. The molecule has 0 aliphatic rings. The van der Waals surface area contributed by atoms with Crippen molar-refractivity contribution in [3.63, 3.8) is 0 Å². The number of urea groups is 1. The van der Waals surface area contributed by atoms with Crippen LogP contribution in [0.2, 0.25) is 0 Å². The van der Waals surface area contributed by atoms with Crippen LogP contribution in [-0.4, -0.2) is 59.3 Å². The second-order valence-corrected chi connectivity index (χ2v) is 4.04. The van der Waals surface area contributed by atoms with Gasteiger partial charge in [-0.15, -0.1) is 0 Å². The summed E-state index contributed by atoms with van der Waals surface area (Å²) >= 11 is 0. The monoisotopic (exact) mass is 282 g/mol. The smallest absolute Gasteiger partial charge is 0.326 e. The number of halogens is 2. The van der Waals surface area contributed by atoms with Crippen molar-refractivity contribution in [2.24, 2.45) is 0 Å². The Morgan fingerprint density at radius 2 is 2.00 bits per heavy atom. The molecule has 3 N–H and O–H groups in total. The molecule has 0 fully saturated rings. The maximum Gasteiger partial charge on any atom is 0.326 e. The first-order valence-electron chi connectivity index (χ1n) is 6.09. The summed E-state index contributed by atoms with van der Waals surface area (Å²) in [7, 11) is 0. The van der Waals surface area contributed by atoms with Crippen LogP contribution in [0.4, 0.5) is 13.6 Å². The first-order valence-corrected chi connectivity index (χ1v) is 6.09. The highest BCUT2D eigenvalue weighted by Gasteiger charge is 2.24. The summed E-state index contributed by atoms with van der Waals surface area (Å²) in [6, 6.07) is -2.01. The zero-order valence-electron chi connectivity index (χ0n) is 10.8. The van der Waals surface area contributed by atoms with Crippen LogP contribution in [0.3, 0.4) is 0 Å². The molecule has 0 aromatic heterocycles. The highest BCUT2D eigenvalue weighted by Crippen LogP contribution is 2.04. The number of alkyl halides is 2. The number of carbonyl (C=O) groups excluding carboxylic acids is 1. The Kier molecular flexibility index (Phi) is 8.77. The van der Waals surface area contributed by atoms with Crippen LogP contribution in [0, 0.1) is 0 Å². The Labute approximate surface area is 110 Å². The molecule has 0 aromatic carbocycles. The van der Waals surface area contributed by atoms with Crippen LogP contribution >= 0.6 is 0 Å². The van der Waals surface area contributed by atoms with E-state index in [0.717, 1.165) is 6.42 Å². The topological polar surface area (TPSA) is 89.9 Å². The number of rotatable bonds is 9. The summed E-state index contributed by atoms with van der Waals surface area (Å²) in [5, 5.41) is 19.8. The van der Waals surface area contributed by atoms with Crippen molar-refractivity contribution in [3.05, 3.63) is 0 Å². The van der Waals surface area contributed by atoms with Gasteiger partial charge >= 0.3 is 12.0 Å². The molecule has 8 heteroatoms. The maximum absolute atomic E-state index is 12.2. The van der Waals surface area contributed by atoms with Crippen molar-refractivity contribution in [2.75, 3.05) is 19.7 Å². The van der Waals surface area contributed by atoms with Gasteiger partial charge in [-0.05, 0) is 6.42 Å². The summed E-state index contributed by atoms with van der Waals surface area (Å²) in [5.74, 6) is -1.21. The minimum Gasteiger partial charge on any atom is -0.480 e. The number of aliphatic hydroxyl groups excluding tert-OH is 1. The first kappa shape index (κ1) is 17.6. The Bertz CT molecular complexity index is 290. The summed E-state index contributed by atoms with van der Waals surface area (Å²) < 4.78 is 24.5. The van der Waals surface area contributed by atoms with Gasteiger partial charge in [0.15, 0.2) is 0 Å². The Balaban J connectivity index is 4.51. The second kappa shape index (κ2) is 9.48. The number of aliphatic carboxylic acids is 1. The molecule has 0 aliphatic carbocycles. The lowest BCUT2D eigenvalue weighted by molar-refractivity contribution is -0.139. The molecule has 0 unspecified atom stereocenters. The molecule has 0 aliphatic heterocycles. The van der Waals surface area contributed by atoms with Gasteiger partial charge in [0.05, 0.1) is 13.2 Å². The Hall–Kier alpha value is -1.44. The van der Waals surface area contributed by atoms with E-state index in [-0.39, 0.29) is 13.0 Å². The van der Waals surface area contributed by atoms with E-state index in [1.54, 1.807) is 0 Å². The van der Waals surface area contributed by atoms with Crippen LogP contribution in [0.15, 0.2) is 0 Å². The quantitative estimate of drug-likeness (QED) is 0.586. The zero-order chi connectivity index (χ0) is 14.8. The number of unbranched alkanes of at least 4 members (excludes halogenated alkanes) is 1. The number of carboxylic acid groups (broad SMARTS) is 1. The van der Waals surface area contributed by atoms with Crippen LogP contribution in [-0.2, 0) is 4.79 Å². The molecule has 0 spiro atoms. The van der Waals surface area contributed by atoms with Gasteiger partial charge in [0.2, 0.25) is 0 Å². The number of amides is 2. The van der Waals surface area contributed by atoms with Gasteiger partial charge in [-0.25, -0.2) is 18.4 Å². The van der Waals surface area contributed by atoms with Gasteiger partial charge < -0.3 is 20.4 Å². The number of aliphatic hydroxyl groups is 1. The van der Waals surface area contributed by atoms with Gasteiger partial charge in [-0.2, -0.15) is 0 Å². The van der Waals surface area contributed by atoms with Crippen molar-refractivity contribution in [2.45, 2.75) is 38.7 Å². The minimum atomic E-state index is -2.74. The summed E-state index contributed by atoms with van der Waals surface area (Å²) in [6.07, 6.45) is -1.14. The number of carboxylic acids is 1. The number of nitrogens with one attached hydrogen (secondary N) is 1. The molecule has 1 atom stereocenters. The molecular weight excluding hydrogens is 262 g/mol. The fraction of sp³-hybridized carbons (Fsp3) is 0.818. The van der Waals surface area contributed by atoms with Crippen molar-refractivity contribution < 1.29 is 28.6 Å². The number of carbonyl (C=O) groups is 2. The molecule has 0 heterocycles. The predicted octanol–water partition coefficient (Wildman–Crippen LogP) is 0.899.